The number of likely N-dealkylation sites (N-methyl/N-ethyl adjacent to an activating group) is 1. The summed E-state index contributed by atoms with van der Waals surface area (Å²) in [4.78, 5) is 33.9. The summed E-state index contributed by atoms with van der Waals surface area (Å²) in [5.41, 5.74) is 2.33. The Labute approximate surface area is 246 Å². The molecule has 0 spiro atoms. The second-order valence-electron chi connectivity index (χ2n) is 10.0. The van der Waals surface area contributed by atoms with Gasteiger partial charge in [0.25, 0.3) is 11.5 Å². The van der Waals surface area contributed by atoms with Gasteiger partial charge in [0.05, 0.1) is 12.0 Å². The van der Waals surface area contributed by atoms with Gasteiger partial charge in [0.15, 0.2) is 0 Å². The summed E-state index contributed by atoms with van der Waals surface area (Å²) in [6.07, 6.45) is 4.26. The number of nitrogens with zero attached hydrogens (tertiary/aromatic N) is 5. The number of nitriles is 1. The Morgan fingerprint density at radius 1 is 1.10 bits per heavy atom. The molecular weight excluding hydrogens is 542 g/mol. The highest BCUT2D eigenvalue weighted by Gasteiger charge is 2.33. The molecule has 0 saturated carbocycles. The maximum atomic E-state index is 13.6. The third kappa shape index (κ3) is 6.27. The molecule has 1 aromatic carbocycles. The van der Waals surface area contributed by atoms with E-state index >= 15 is 0 Å². The summed E-state index contributed by atoms with van der Waals surface area (Å²) < 4.78 is 7.51. The fourth-order valence-corrected chi connectivity index (χ4v) is 6.43. The number of carbonyl (C=O) groups is 1. The van der Waals surface area contributed by atoms with Crippen molar-refractivity contribution >= 4 is 46.1 Å². The van der Waals surface area contributed by atoms with E-state index in [1.165, 1.54) is 11.8 Å². The first-order valence-electron chi connectivity index (χ1n) is 13.9. The number of ether oxygens (including phenoxy) is 1. The molecule has 1 amide bonds. The van der Waals surface area contributed by atoms with Crippen LogP contribution in [-0.4, -0.2) is 71.0 Å². The number of anilines is 1. The number of benzene rings is 1. The highest BCUT2D eigenvalue weighted by Crippen LogP contribution is 2.36. The zero-order valence-corrected chi connectivity index (χ0v) is 25.4. The molecule has 0 N–H and O–H groups in total. The monoisotopic (exact) mass is 579 g/mol. The van der Waals surface area contributed by atoms with E-state index in [-0.39, 0.29) is 17.0 Å². The van der Waals surface area contributed by atoms with Crippen molar-refractivity contribution in [2.45, 2.75) is 46.6 Å². The summed E-state index contributed by atoms with van der Waals surface area (Å²) in [5, 5.41) is 9.94. The van der Waals surface area contributed by atoms with Crippen LogP contribution in [0, 0.1) is 18.3 Å². The molecule has 2 aromatic rings. The highest BCUT2D eigenvalue weighted by atomic mass is 32.2. The Hall–Kier alpha value is -3.13. The molecule has 0 atom stereocenters. The number of unbranched alkanes of at least 4 members (excludes halogenated alkanes) is 1. The van der Waals surface area contributed by atoms with Crippen molar-refractivity contribution in [2.75, 3.05) is 51.3 Å². The molecule has 4 rings (SSSR count). The Balaban J connectivity index is 1.71. The molecule has 0 unspecified atom stereocenters. The van der Waals surface area contributed by atoms with Crippen LogP contribution in [0.5, 0.6) is 5.75 Å². The third-order valence-corrected chi connectivity index (χ3v) is 9.01. The van der Waals surface area contributed by atoms with Gasteiger partial charge in [-0.25, -0.2) is 0 Å². The Morgan fingerprint density at radius 3 is 2.40 bits per heavy atom. The number of piperazine rings is 1. The molecule has 0 bridgehead atoms. The minimum absolute atomic E-state index is 0.133. The summed E-state index contributed by atoms with van der Waals surface area (Å²) in [6.45, 7) is 11.4. The van der Waals surface area contributed by atoms with E-state index < -0.39 is 0 Å². The van der Waals surface area contributed by atoms with Gasteiger partial charge in [0.1, 0.15) is 27.5 Å². The van der Waals surface area contributed by atoms with Gasteiger partial charge in [-0.15, -0.1) is 0 Å². The SMILES string of the molecule is CCCCn1c(N2CCN(CC)CC2)c(/C=C2\SC(=S)N(CCc3ccc(OC)cc3)C2=O)c(C)c(C#N)c1=O. The zero-order chi connectivity index (χ0) is 28.8. The number of thioether (sulfide) groups is 1. The highest BCUT2D eigenvalue weighted by molar-refractivity contribution is 8.26. The molecule has 1 aromatic heterocycles. The van der Waals surface area contributed by atoms with Gasteiger partial charge in [-0.05, 0) is 55.6 Å². The molecule has 2 saturated heterocycles. The quantitative estimate of drug-likeness (QED) is 0.302. The first-order valence-corrected chi connectivity index (χ1v) is 15.1. The molecule has 0 radical (unpaired) electrons. The maximum absolute atomic E-state index is 13.6. The predicted molar refractivity (Wildman–Crippen MR) is 166 cm³/mol. The number of amides is 1. The average Bonchev–Trinajstić information content (AvgIpc) is 3.24. The molecule has 40 heavy (non-hydrogen) atoms. The van der Waals surface area contributed by atoms with E-state index in [4.69, 9.17) is 17.0 Å². The summed E-state index contributed by atoms with van der Waals surface area (Å²) >= 11 is 6.90. The van der Waals surface area contributed by atoms with Crippen molar-refractivity contribution in [3.05, 3.63) is 61.8 Å². The van der Waals surface area contributed by atoms with E-state index in [0.29, 0.717) is 34.3 Å². The summed E-state index contributed by atoms with van der Waals surface area (Å²) in [5.74, 6) is 1.44. The van der Waals surface area contributed by atoms with Gasteiger partial charge in [0, 0.05) is 44.8 Å². The van der Waals surface area contributed by atoms with Crippen molar-refractivity contribution < 1.29 is 9.53 Å². The summed E-state index contributed by atoms with van der Waals surface area (Å²) in [6, 6.07) is 9.93. The van der Waals surface area contributed by atoms with E-state index in [1.807, 2.05) is 37.3 Å². The number of methoxy groups -OCH3 is 1. The Morgan fingerprint density at radius 2 is 1.80 bits per heavy atom. The van der Waals surface area contributed by atoms with Gasteiger partial charge in [-0.1, -0.05) is 56.4 Å². The second-order valence-corrected chi connectivity index (χ2v) is 11.7. The average molecular weight is 580 g/mol. The predicted octanol–water partition coefficient (Wildman–Crippen LogP) is 4.42. The minimum atomic E-state index is -0.259. The third-order valence-electron chi connectivity index (χ3n) is 7.63. The van der Waals surface area contributed by atoms with Crippen LogP contribution < -0.4 is 15.2 Å². The lowest BCUT2D eigenvalue weighted by molar-refractivity contribution is -0.122. The van der Waals surface area contributed by atoms with Crippen LogP contribution in [0.3, 0.4) is 0 Å². The molecule has 8 nitrogen and oxygen atoms in total. The Bertz CT molecular complexity index is 1390. The van der Waals surface area contributed by atoms with Crippen LogP contribution in [0.25, 0.3) is 6.08 Å². The molecule has 2 aliphatic rings. The van der Waals surface area contributed by atoms with E-state index in [0.717, 1.165) is 68.3 Å². The smallest absolute Gasteiger partial charge is 0.270 e. The van der Waals surface area contributed by atoms with Crippen molar-refractivity contribution in [1.82, 2.24) is 14.4 Å². The number of carbonyl (C=O) groups excluding carboxylic acids is 1. The topological polar surface area (TPSA) is 81.8 Å². The largest absolute Gasteiger partial charge is 0.497 e. The van der Waals surface area contributed by atoms with Gasteiger partial charge in [-0.3, -0.25) is 19.1 Å². The van der Waals surface area contributed by atoms with E-state index in [2.05, 4.69) is 29.7 Å². The molecular formula is C30H37N5O3S2. The Kier molecular flexibility index (Phi) is 10.1. The number of hydrogen-bond acceptors (Lipinski definition) is 8. The van der Waals surface area contributed by atoms with Gasteiger partial charge in [-0.2, -0.15) is 5.26 Å². The number of thiocarbonyl (C=S) groups is 1. The van der Waals surface area contributed by atoms with Crippen molar-refractivity contribution in [3.8, 4) is 11.8 Å². The standard InChI is InChI=1S/C30H37N5O3S2/c1-5-7-13-34-27(33-17-15-32(6-2)16-18-33)24(21(3)25(20-31)28(34)36)19-26-29(37)35(30(39)40-26)14-12-22-8-10-23(38-4)11-9-22/h8-11,19H,5-7,12-18H2,1-4H3/b26-19-. The van der Waals surface area contributed by atoms with Crippen LogP contribution in [0.4, 0.5) is 5.82 Å². The molecule has 2 fully saturated rings. The maximum Gasteiger partial charge on any atom is 0.270 e. The summed E-state index contributed by atoms with van der Waals surface area (Å²) in [7, 11) is 1.63. The fraction of sp³-hybridized carbons (Fsp3) is 0.467. The van der Waals surface area contributed by atoms with Crippen LogP contribution in [0.2, 0.25) is 0 Å². The molecule has 3 heterocycles. The van der Waals surface area contributed by atoms with Crippen LogP contribution in [0.1, 0.15) is 48.9 Å². The van der Waals surface area contributed by atoms with E-state index in [1.54, 1.807) is 16.6 Å². The minimum Gasteiger partial charge on any atom is -0.497 e. The van der Waals surface area contributed by atoms with Crippen LogP contribution in [-0.2, 0) is 17.8 Å². The molecule has 0 aliphatic carbocycles. The first kappa shape index (κ1) is 29.8. The van der Waals surface area contributed by atoms with Crippen molar-refractivity contribution in [3.63, 3.8) is 0 Å². The van der Waals surface area contributed by atoms with Crippen molar-refractivity contribution in [2.24, 2.45) is 0 Å². The molecule has 2 aliphatic heterocycles. The number of pyridine rings is 1. The van der Waals surface area contributed by atoms with Gasteiger partial charge < -0.3 is 14.5 Å². The lowest BCUT2D eigenvalue weighted by Gasteiger charge is -2.37. The van der Waals surface area contributed by atoms with Crippen molar-refractivity contribution in [1.29, 1.82) is 5.26 Å². The molecule has 10 heteroatoms. The number of hydrogen-bond donors (Lipinski definition) is 0. The molecule has 212 valence electrons. The lowest BCUT2D eigenvalue weighted by atomic mass is 10.0. The van der Waals surface area contributed by atoms with E-state index in [9.17, 15) is 14.9 Å². The first-order chi connectivity index (χ1) is 19.3. The van der Waals surface area contributed by atoms with Crippen LogP contribution in [0.15, 0.2) is 34.0 Å². The second kappa shape index (κ2) is 13.5. The number of aromatic nitrogens is 1. The normalized spacial score (nSPS) is 17.1. The van der Waals surface area contributed by atoms with Gasteiger partial charge >= 0.3 is 0 Å². The number of rotatable bonds is 10. The fourth-order valence-electron chi connectivity index (χ4n) is 5.14. The lowest BCUT2D eigenvalue weighted by Crippen LogP contribution is -2.48. The van der Waals surface area contributed by atoms with Crippen LogP contribution >= 0.6 is 24.0 Å². The zero-order valence-electron chi connectivity index (χ0n) is 23.7. The van der Waals surface area contributed by atoms with Gasteiger partial charge in [0.2, 0.25) is 0 Å².